The van der Waals surface area contributed by atoms with Crippen molar-refractivity contribution in [3.63, 3.8) is 0 Å². The number of carbonyl (C=O) groups excluding carboxylic acids is 13. The summed E-state index contributed by atoms with van der Waals surface area (Å²) >= 11 is 1.33. The van der Waals surface area contributed by atoms with E-state index in [-0.39, 0.29) is 81.8 Å². The Morgan fingerprint density at radius 2 is 1.18 bits per heavy atom. The number of hydrogen-bond donors (Lipinski definition) is 13. The van der Waals surface area contributed by atoms with Crippen LogP contribution in [0.2, 0.25) is 0 Å². The lowest BCUT2D eigenvalue weighted by atomic mass is 9.84. The Balaban J connectivity index is 1.57. The Morgan fingerprint density at radius 3 is 1.73 bits per heavy atom. The maximum Gasteiger partial charge on any atom is 0.407 e. The molecule has 0 aliphatic carbocycles. The number of aliphatic carboxylic acids is 1. The molecule has 0 bridgehead atoms. The van der Waals surface area contributed by atoms with E-state index < -0.39 is 173 Å². The van der Waals surface area contributed by atoms with Gasteiger partial charge in [0.25, 0.3) is 0 Å². The van der Waals surface area contributed by atoms with Crippen LogP contribution in [0.4, 0.5) is 4.79 Å². The predicted molar refractivity (Wildman–Crippen MR) is 393 cm³/mol. The first-order valence-corrected chi connectivity index (χ1v) is 37.6. The number of carboxylic acids is 1. The standard InChI is InChI=1S/C70H98N14O17S3/c1-9-54(71)73-33-21-30-47-60(92)75-37-55(86)78-49(36-58(90)100-68(3,4)5)63(95)79-46(29-19-20-32-74-67(99)101-69(6,7)8)61(93)76-38-56(87)84-34-22-31-53(84)66(98)81-48(35-57(88)89)62(94)82-50(59(72)91)40-103-104-41-52(65(97)80-47)83-64(96)51(77-42(2)85)39-102-70(43-23-13-10-14-24-43,44-25-15-11-16-26-44)45-27-17-12-18-28-45/h10-18,23-28,46-53H,9,19-22,29-41H2,1-8H3,(H2,71,73)(H2,72,91)(H,74,99)(H,75,92)(H,76,93)(H,77,85)(H,78,86)(H,79,95)(H,80,97)(H,81,98)(H,82,94)(H,83,96)(H,88,89). The molecule has 0 spiro atoms. The number of ether oxygens (including phenoxy) is 2. The largest absolute Gasteiger partial charge is 0.481 e. The van der Waals surface area contributed by atoms with Crippen molar-refractivity contribution in [3.8, 4) is 0 Å². The molecule has 2 aliphatic rings. The van der Waals surface area contributed by atoms with Crippen molar-refractivity contribution < 1.29 is 81.7 Å². The number of benzene rings is 3. The lowest BCUT2D eigenvalue weighted by Crippen LogP contribution is -2.58. The van der Waals surface area contributed by atoms with Crippen LogP contribution in [0.15, 0.2) is 96.0 Å². The van der Waals surface area contributed by atoms with Gasteiger partial charge in [-0.1, -0.05) is 120 Å². The molecule has 8 atom stereocenters. The highest BCUT2D eigenvalue weighted by molar-refractivity contribution is 8.76. The molecule has 2 fully saturated rings. The maximum absolute atomic E-state index is 15.0. The van der Waals surface area contributed by atoms with E-state index in [0.29, 0.717) is 12.3 Å². The fraction of sp³-hybridized carbons (Fsp3) is 0.529. The first-order chi connectivity index (χ1) is 49.2. The van der Waals surface area contributed by atoms with Gasteiger partial charge in [-0.05, 0) is 103 Å². The summed E-state index contributed by atoms with van der Waals surface area (Å²) in [7, 11) is 1.77. The molecule has 0 radical (unpaired) electrons. The number of esters is 1. The number of carboxylic acid groups (broad SMARTS) is 1. The number of nitrogens with one attached hydrogen (secondary N) is 10. The lowest BCUT2D eigenvalue weighted by Gasteiger charge is -2.36. The van der Waals surface area contributed by atoms with Crippen LogP contribution in [0.3, 0.4) is 0 Å². The van der Waals surface area contributed by atoms with E-state index in [0.717, 1.165) is 43.2 Å². The van der Waals surface area contributed by atoms with Crippen LogP contribution in [-0.4, -0.2) is 208 Å². The fourth-order valence-corrected chi connectivity index (χ4v) is 14.8. The highest BCUT2D eigenvalue weighted by atomic mass is 33.1. The molecule has 5 rings (SSSR count). The van der Waals surface area contributed by atoms with Gasteiger partial charge in [0.15, 0.2) is 0 Å². The molecule has 568 valence electrons. The third-order valence-electron chi connectivity index (χ3n) is 15.9. The van der Waals surface area contributed by atoms with Crippen molar-refractivity contribution in [2.75, 3.05) is 50.0 Å². The second kappa shape index (κ2) is 41.8. The Morgan fingerprint density at radius 1 is 0.654 bits per heavy atom. The van der Waals surface area contributed by atoms with Crippen LogP contribution in [0.25, 0.3) is 0 Å². The summed E-state index contributed by atoms with van der Waals surface area (Å²) in [6, 6.07) is 16.0. The van der Waals surface area contributed by atoms with Gasteiger partial charge in [0.1, 0.15) is 59.5 Å². The van der Waals surface area contributed by atoms with Crippen LogP contribution in [0.5, 0.6) is 0 Å². The average molecular weight is 1500 g/mol. The quantitative estimate of drug-likeness (QED) is 0.0151. The maximum atomic E-state index is 15.0. The van der Waals surface area contributed by atoms with Crippen molar-refractivity contribution in [1.29, 1.82) is 0 Å². The van der Waals surface area contributed by atoms with E-state index in [1.165, 1.54) is 18.7 Å². The molecule has 15 N–H and O–H groups in total. The number of fused-ring (bicyclic) bond motifs is 1. The van der Waals surface area contributed by atoms with E-state index in [1.54, 1.807) is 48.5 Å². The molecule has 0 aromatic heterocycles. The first kappa shape index (κ1) is 85.2. The molecule has 34 heteroatoms. The molecule has 3 aromatic rings. The summed E-state index contributed by atoms with van der Waals surface area (Å²) in [6.45, 7) is 11.1. The topological polar surface area (TPSA) is 466 Å². The van der Waals surface area contributed by atoms with Crippen LogP contribution in [0.1, 0.15) is 136 Å². The van der Waals surface area contributed by atoms with Gasteiger partial charge in [0.2, 0.25) is 65.0 Å². The Bertz CT molecular complexity index is 3410. The summed E-state index contributed by atoms with van der Waals surface area (Å²) in [5.74, 6) is -13.5. The van der Waals surface area contributed by atoms with Gasteiger partial charge in [0, 0.05) is 50.2 Å². The van der Waals surface area contributed by atoms with Gasteiger partial charge in [-0.25, -0.2) is 4.79 Å². The zero-order valence-corrected chi connectivity index (χ0v) is 62.2. The second-order valence-electron chi connectivity index (χ2n) is 26.6. The van der Waals surface area contributed by atoms with E-state index in [1.807, 2.05) is 91.0 Å². The smallest absolute Gasteiger partial charge is 0.407 e. The van der Waals surface area contributed by atoms with E-state index in [4.69, 9.17) is 20.9 Å². The number of amidine groups is 1. The molecule has 31 nitrogen and oxygen atoms in total. The van der Waals surface area contributed by atoms with Crippen molar-refractivity contribution >= 4 is 122 Å². The van der Waals surface area contributed by atoms with Gasteiger partial charge in [-0.15, -0.1) is 11.8 Å². The molecule has 0 saturated carbocycles. The molecule has 2 saturated heterocycles. The van der Waals surface area contributed by atoms with Gasteiger partial charge in [-0.3, -0.25) is 67.3 Å². The first-order valence-electron chi connectivity index (χ1n) is 34.2. The van der Waals surface area contributed by atoms with Crippen molar-refractivity contribution in [1.82, 2.24) is 58.1 Å². The van der Waals surface area contributed by atoms with Crippen LogP contribution in [0, 0.1) is 0 Å². The number of hydrogen-bond acceptors (Lipinski definition) is 20. The SMILES string of the molecule is CCC(N)=NCCCC1NC(=O)C(NC(=O)C(CSC(c2ccccc2)(c2ccccc2)c2ccccc2)NC(C)=O)CSSCC(C(N)=O)NC(=O)C(CC(=O)O)NC(=O)C2CCCN2C(=O)CNC(=O)C(CCCCNC(=O)OC(C)(C)C)NC(=O)C(CC(=O)OC(C)(C)C)NC(=O)CNC1=O. The molecule has 2 aliphatic heterocycles. The van der Waals surface area contributed by atoms with Crippen molar-refractivity contribution in [2.24, 2.45) is 16.5 Å². The number of thioether (sulfide) groups is 1. The molecule has 12 amide bonds. The Kier molecular flexibility index (Phi) is 34.2. The number of aliphatic imine (C=N–C) groups is 1. The number of nitrogens with zero attached hydrogens (tertiary/aromatic N) is 2. The van der Waals surface area contributed by atoms with E-state index in [2.05, 4.69) is 58.2 Å². The lowest BCUT2D eigenvalue weighted by molar-refractivity contribution is -0.156. The highest BCUT2D eigenvalue weighted by Crippen LogP contribution is 2.48. The highest BCUT2D eigenvalue weighted by Gasteiger charge is 2.41. The molecule has 2 heterocycles. The zero-order valence-electron chi connectivity index (χ0n) is 59.8. The van der Waals surface area contributed by atoms with Crippen LogP contribution < -0.4 is 64.6 Å². The number of carbonyl (C=O) groups is 14. The number of amides is 12. The summed E-state index contributed by atoms with van der Waals surface area (Å²) in [4.78, 5) is 199. The van der Waals surface area contributed by atoms with Crippen LogP contribution in [-0.2, 0) is 76.5 Å². The Labute approximate surface area is 616 Å². The minimum absolute atomic E-state index is 0.0249. The second-order valence-corrected chi connectivity index (χ2v) is 30.4. The van der Waals surface area contributed by atoms with Crippen molar-refractivity contribution in [2.45, 2.75) is 184 Å². The number of unbranched alkanes of at least 4 members (excludes halogenated alkanes) is 1. The zero-order chi connectivity index (χ0) is 76.7. The summed E-state index contributed by atoms with van der Waals surface area (Å²) in [5, 5.41) is 35.4. The molecule has 104 heavy (non-hydrogen) atoms. The van der Waals surface area contributed by atoms with Crippen molar-refractivity contribution in [3.05, 3.63) is 108 Å². The number of primary amides is 1. The average Bonchev–Trinajstić information content (AvgIpc) is 0.783. The molecular formula is C70H98N14O17S3. The third-order valence-corrected chi connectivity index (χ3v) is 20.0. The minimum atomic E-state index is -1.85. The minimum Gasteiger partial charge on any atom is -0.481 e. The summed E-state index contributed by atoms with van der Waals surface area (Å²) < 4.78 is 9.81. The third kappa shape index (κ3) is 28.7. The van der Waals surface area contributed by atoms with Crippen LogP contribution >= 0.6 is 33.3 Å². The van der Waals surface area contributed by atoms with E-state index in [9.17, 15) is 62.6 Å². The predicted octanol–water partition coefficient (Wildman–Crippen LogP) is 1.68. The Hall–Kier alpha value is -9.44. The summed E-state index contributed by atoms with van der Waals surface area (Å²) in [6.07, 6.45) is -1.73. The number of alkyl carbamates (subject to hydrolysis) is 1. The number of rotatable bonds is 24. The van der Waals surface area contributed by atoms with Gasteiger partial charge < -0.3 is 84.1 Å². The number of nitrogens with two attached hydrogens (primary N) is 2. The molecular weight excluding hydrogens is 1410 g/mol. The van der Waals surface area contributed by atoms with Gasteiger partial charge in [-0.2, -0.15) is 0 Å². The monoisotopic (exact) mass is 1500 g/mol. The molecule has 8 unspecified atom stereocenters. The van der Waals surface area contributed by atoms with Gasteiger partial charge in [0.05, 0.1) is 36.5 Å². The van der Waals surface area contributed by atoms with E-state index >= 15 is 9.59 Å². The normalized spacial score (nSPS) is 21.0. The summed E-state index contributed by atoms with van der Waals surface area (Å²) in [5.41, 5.74) is 12.4. The fourth-order valence-electron chi connectivity index (χ4n) is 10.9. The molecule has 3 aromatic carbocycles. The van der Waals surface area contributed by atoms with Gasteiger partial charge >= 0.3 is 18.0 Å².